The number of hydrogen-bond acceptors (Lipinski definition) is 1. The maximum Gasteiger partial charge on any atom is 0.205 e. The van der Waals surface area contributed by atoms with E-state index < -0.39 is 0 Å². The van der Waals surface area contributed by atoms with Crippen molar-refractivity contribution < 1.29 is 5.11 Å². The van der Waals surface area contributed by atoms with Crippen LogP contribution in [0, 0.1) is 0 Å². The van der Waals surface area contributed by atoms with Crippen molar-refractivity contribution in [2.24, 2.45) is 0 Å². The van der Waals surface area contributed by atoms with Crippen molar-refractivity contribution in [2.75, 3.05) is 5.32 Å². The van der Waals surface area contributed by atoms with Gasteiger partial charge < -0.3 is 5.32 Å². The minimum Gasteiger partial charge on any atom is -0.377 e. The first-order chi connectivity index (χ1) is 8.72. The molecule has 1 radical (unpaired) electrons. The Hall–Kier alpha value is -1.18. The molecule has 1 rings (SSSR count). The van der Waals surface area contributed by atoms with E-state index in [1.165, 1.54) is 5.56 Å². The van der Waals surface area contributed by atoms with Gasteiger partial charge in [0, 0.05) is 11.1 Å². The molecular formula is C18H30NO. The molecule has 0 aliphatic carbocycles. The Balaban J connectivity index is 3.51. The standard InChI is InChI=1S/C18H30NO/c1-16(2,3)12-10-13(17(4,5)6)15(20)14(11-12)19-18(7,8)9/h10-11,19H,1-9H3. The summed E-state index contributed by atoms with van der Waals surface area (Å²) in [6, 6.07) is 4.10. The highest BCUT2D eigenvalue weighted by Crippen LogP contribution is 2.41. The van der Waals surface area contributed by atoms with E-state index in [-0.39, 0.29) is 22.1 Å². The van der Waals surface area contributed by atoms with Gasteiger partial charge in [-0.2, -0.15) is 0 Å². The van der Waals surface area contributed by atoms with Crippen molar-refractivity contribution in [3.63, 3.8) is 0 Å². The van der Waals surface area contributed by atoms with Gasteiger partial charge >= 0.3 is 0 Å². The quantitative estimate of drug-likeness (QED) is 0.707. The Bertz CT molecular complexity index is 482. The van der Waals surface area contributed by atoms with Gasteiger partial charge in [0.1, 0.15) is 0 Å². The van der Waals surface area contributed by atoms with Crippen LogP contribution < -0.4 is 5.32 Å². The lowest BCUT2D eigenvalue weighted by atomic mass is 9.79. The fraction of sp³-hybridized carbons (Fsp3) is 0.667. The molecule has 113 valence electrons. The number of nitrogens with one attached hydrogen (secondary N) is 1. The van der Waals surface area contributed by atoms with Crippen LogP contribution in [0.2, 0.25) is 0 Å². The minimum atomic E-state index is -0.146. The van der Waals surface area contributed by atoms with E-state index in [1.807, 2.05) is 6.07 Å². The first-order valence-electron chi connectivity index (χ1n) is 7.36. The molecule has 0 fully saturated rings. The molecule has 0 heterocycles. The van der Waals surface area contributed by atoms with Gasteiger partial charge in [-0.3, -0.25) is 5.11 Å². The van der Waals surface area contributed by atoms with Gasteiger partial charge in [0.2, 0.25) is 5.75 Å². The van der Waals surface area contributed by atoms with Crippen LogP contribution in [0.4, 0.5) is 5.69 Å². The average Bonchev–Trinajstić information content (AvgIpc) is 2.15. The van der Waals surface area contributed by atoms with Crippen LogP contribution >= 0.6 is 0 Å². The summed E-state index contributed by atoms with van der Waals surface area (Å²) in [5.41, 5.74) is 2.57. The molecule has 0 aliphatic heterocycles. The highest BCUT2D eigenvalue weighted by atomic mass is 16.3. The number of benzene rings is 1. The van der Waals surface area contributed by atoms with E-state index in [1.54, 1.807) is 0 Å². The van der Waals surface area contributed by atoms with Gasteiger partial charge in [-0.25, -0.2) is 0 Å². The van der Waals surface area contributed by atoms with E-state index in [0.29, 0.717) is 0 Å². The maximum absolute atomic E-state index is 12.7. The molecule has 1 N–H and O–H groups in total. The monoisotopic (exact) mass is 276 g/mol. The second-order valence-electron chi connectivity index (χ2n) is 8.78. The lowest BCUT2D eigenvalue weighted by Crippen LogP contribution is -2.27. The summed E-state index contributed by atoms with van der Waals surface area (Å²) >= 11 is 0. The Morgan fingerprint density at radius 2 is 1.30 bits per heavy atom. The van der Waals surface area contributed by atoms with Crippen molar-refractivity contribution in [1.82, 2.24) is 0 Å². The van der Waals surface area contributed by atoms with Crippen LogP contribution in [0.1, 0.15) is 73.4 Å². The maximum atomic E-state index is 12.7. The molecule has 2 nitrogen and oxygen atoms in total. The Labute approximate surface area is 124 Å². The van der Waals surface area contributed by atoms with E-state index in [2.05, 4.69) is 73.7 Å². The summed E-state index contributed by atoms with van der Waals surface area (Å²) in [6.45, 7) is 19.1. The van der Waals surface area contributed by atoms with Crippen LogP contribution in [-0.4, -0.2) is 5.54 Å². The lowest BCUT2D eigenvalue weighted by molar-refractivity contribution is 0.341. The van der Waals surface area contributed by atoms with Gasteiger partial charge in [0.25, 0.3) is 0 Å². The molecule has 0 amide bonds. The van der Waals surface area contributed by atoms with Crippen molar-refractivity contribution >= 4 is 5.69 Å². The molecule has 2 heteroatoms. The first kappa shape index (κ1) is 16.9. The average molecular weight is 276 g/mol. The highest BCUT2D eigenvalue weighted by molar-refractivity contribution is 5.64. The third-order valence-electron chi connectivity index (χ3n) is 3.27. The molecular weight excluding hydrogens is 246 g/mol. The molecule has 0 unspecified atom stereocenters. The molecule has 20 heavy (non-hydrogen) atoms. The largest absolute Gasteiger partial charge is 0.377 e. The SMILES string of the molecule is CC(C)(C)Nc1cc(C(C)(C)C)cc(C(C)(C)C)c1[O]. The van der Waals surface area contributed by atoms with Crippen LogP contribution in [0.25, 0.3) is 0 Å². The molecule has 0 aromatic heterocycles. The summed E-state index contributed by atoms with van der Waals surface area (Å²) in [4.78, 5) is 0. The van der Waals surface area contributed by atoms with E-state index in [0.717, 1.165) is 11.3 Å². The zero-order valence-corrected chi connectivity index (χ0v) is 14.6. The number of anilines is 1. The summed E-state index contributed by atoms with van der Waals surface area (Å²) < 4.78 is 0. The van der Waals surface area contributed by atoms with Crippen LogP contribution in [0.5, 0.6) is 5.75 Å². The molecule has 0 atom stereocenters. The Morgan fingerprint density at radius 1 is 0.800 bits per heavy atom. The van der Waals surface area contributed by atoms with E-state index in [4.69, 9.17) is 0 Å². The number of hydrogen-bond donors (Lipinski definition) is 1. The molecule has 0 bridgehead atoms. The van der Waals surface area contributed by atoms with Gasteiger partial charge in [-0.1, -0.05) is 47.6 Å². The molecule has 0 saturated heterocycles. The number of rotatable bonds is 1. The zero-order chi connectivity index (χ0) is 15.9. The first-order valence-corrected chi connectivity index (χ1v) is 7.36. The highest BCUT2D eigenvalue weighted by Gasteiger charge is 2.27. The smallest absolute Gasteiger partial charge is 0.205 e. The van der Waals surface area contributed by atoms with Gasteiger partial charge in [0.15, 0.2) is 0 Å². The lowest BCUT2D eigenvalue weighted by Gasteiger charge is -2.29. The second-order valence-corrected chi connectivity index (χ2v) is 8.78. The molecule has 1 aromatic rings. The van der Waals surface area contributed by atoms with Gasteiger partial charge in [-0.15, -0.1) is 0 Å². The van der Waals surface area contributed by atoms with Crippen molar-refractivity contribution in [3.05, 3.63) is 23.3 Å². The van der Waals surface area contributed by atoms with Crippen molar-refractivity contribution in [3.8, 4) is 5.75 Å². The topological polar surface area (TPSA) is 31.9 Å². The molecule has 0 spiro atoms. The molecule has 0 saturated carbocycles. The van der Waals surface area contributed by atoms with E-state index >= 15 is 0 Å². The van der Waals surface area contributed by atoms with Crippen LogP contribution in [0.15, 0.2) is 12.1 Å². The second kappa shape index (κ2) is 4.98. The molecule has 0 aliphatic rings. The zero-order valence-electron chi connectivity index (χ0n) is 14.6. The van der Waals surface area contributed by atoms with E-state index in [9.17, 15) is 5.11 Å². The normalized spacial score (nSPS) is 13.4. The summed E-state index contributed by atoms with van der Waals surface area (Å²) in [5, 5.41) is 16.1. The fourth-order valence-electron chi connectivity index (χ4n) is 2.12. The summed E-state index contributed by atoms with van der Waals surface area (Å²) in [7, 11) is 0. The van der Waals surface area contributed by atoms with Crippen LogP contribution in [-0.2, 0) is 15.9 Å². The third kappa shape index (κ3) is 4.16. The third-order valence-corrected chi connectivity index (χ3v) is 3.27. The van der Waals surface area contributed by atoms with Gasteiger partial charge in [0.05, 0.1) is 5.69 Å². The van der Waals surface area contributed by atoms with Crippen molar-refractivity contribution in [1.29, 1.82) is 0 Å². The molecule has 1 aromatic carbocycles. The Morgan fingerprint density at radius 3 is 1.65 bits per heavy atom. The van der Waals surface area contributed by atoms with Crippen LogP contribution in [0.3, 0.4) is 0 Å². The predicted octanol–water partition coefficient (Wildman–Crippen LogP) is 5.64. The summed E-state index contributed by atoms with van der Waals surface area (Å²) in [5.74, 6) is 0.125. The summed E-state index contributed by atoms with van der Waals surface area (Å²) in [6.07, 6.45) is 0. The fourth-order valence-corrected chi connectivity index (χ4v) is 2.12. The van der Waals surface area contributed by atoms with Crippen molar-refractivity contribution in [2.45, 2.75) is 78.7 Å². The Kier molecular flexibility index (Phi) is 4.20. The minimum absolute atomic E-state index is 0.0298. The van der Waals surface area contributed by atoms with Gasteiger partial charge in [-0.05, 0) is 43.2 Å². The predicted molar refractivity (Wildman–Crippen MR) is 87.4 cm³/mol.